The number of carbonyl (C=O) groups is 1. The summed E-state index contributed by atoms with van der Waals surface area (Å²) in [4.78, 5) is 15.2. The molecule has 1 aromatic heterocycles. The van der Waals surface area contributed by atoms with E-state index in [-0.39, 0.29) is 6.07 Å². The molecule has 0 aliphatic rings. The number of benzene rings is 1. The fraction of sp³-hybridized carbons (Fsp3) is 0.308. The molecule has 0 fully saturated rings. The largest absolute Gasteiger partial charge is 0.461 e. The van der Waals surface area contributed by atoms with Gasteiger partial charge in [0.25, 0.3) is 0 Å². The summed E-state index contributed by atoms with van der Waals surface area (Å²) < 4.78 is 91.9. The highest BCUT2D eigenvalue weighted by Gasteiger charge is 2.68. The number of carbonyl (C=O) groups excluding carboxylic acids is 1. The summed E-state index contributed by atoms with van der Waals surface area (Å²) in [5.41, 5.74) is -4.96. The van der Waals surface area contributed by atoms with E-state index in [0.717, 1.165) is 12.7 Å². The Morgan fingerprint density at radius 1 is 1.16 bits per heavy atom. The molecule has 0 saturated heterocycles. The number of ketones is 1. The number of hydrogen-bond donors (Lipinski definition) is 1. The van der Waals surface area contributed by atoms with Crippen LogP contribution in [0.2, 0.25) is 0 Å². The van der Waals surface area contributed by atoms with E-state index in [4.69, 9.17) is 0 Å². The van der Waals surface area contributed by atoms with Gasteiger partial charge in [-0.05, 0) is 12.1 Å². The van der Waals surface area contributed by atoms with Gasteiger partial charge in [-0.3, -0.25) is 4.79 Å². The van der Waals surface area contributed by atoms with Crippen LogP contribution in [0.5, 0.6) is 0 Å². The average Bonchev–Trinajstić information content (AvgIpc) is 2.97. The third-order valence-corrected chi connectivity index (χ3v) is 3.25. The first-order valence-electron chi connectivity index (χ1n) is 6.39. The quantitative estimate of drug-likeness (QED) is 0.819. The number of nitrogens with zero attached hydrogens (tertiary/aromatic N) is 3. The van der Waals surface area contributed by atoms with E-state index < -0.39 is 47.2 Å². The van der Waals surface area contributed by atoms with Crippen molar-refractivity contribution in [3.8, 4) is 0 Å². The van der Waals surface area contributed by atoms with Gasteiger partial charge < -0.3 is 5.11 Å². The molecule has 25 heavy (non-hydrogen) atoms. The summed E-state index contributed by atoms with van der Waals surface area (Å²) >= 11 is 0. The zero-order valence-corrected chi connectivity index (χ0v) is 11.9. The molecule has 0 saturated carbocycles. The molecule has 5 nitrogen and oxygen atoms in total. The van der Waals surface area contributed by atoms with E-state index in [2.05, 4.69) is 10.1 Å². The highest BCUT2D eigenvalue weighted by atomic mass is 19.4. The van der Waals surface area contributed by atoms with Gasteiger partial charge in [0.15, 0.2) is 5.60 Å². The van der Waals surface area contributed by atoms with Crippen molar-refractivity contribution < 1.29 is 40.6 Å². The SMILES string of the molecule is O=C(C(O)(Cn1cncn1)c1ccc(F)cc1F)C(F)(F)C(F)(F)F. The second kappa shape index (κ2) is 6.10. The summed E-state index contributed by atoms with van der Waals surface area (Å²) in [5, 5.41) is 13.7. The van der Waals surface area contributed by atoms with E-state index in [1.165, 1.54) is 0 Å². The van der Waals surface area contributed by atoms with Gasteiger partial charge in [0.2, 0.25) is 5.78 Å². The highest BCUT2D eigenvalue weighted by Crippen LogP contribution is 2.42. The van der Waals surface area contributed by atoms with E-state index in [1.807, 2.05) is 0 Å². The Labute approximate surface area is 134 Å². The molecule has 0 radical (unpaired) electrons. The van der Waals surface area contributed by atoms with Gasteiger partial charge in [-0.25, -0.2) is 18.4 Å². The molecule has 1 atom stereocenters. The smallest absolute Gasteiger partial charge is 0.375 e. The summed E-state index contributed by atoms with van der Waals surface area (Å²) in [6, 6.07) is 1.01. The van der Waals surface area contributed by atoms with E-state index in [0.29, 0.717) is 16.8 Å². The summed E-state index contributed by atoms with van der Waals surface area (Å²) in [5.74, 6) is -11.9. The molecule has 1 aromatic carbocycles. The minimum atomic E-state index is -6.34. The van der Waals surface area contributed by atoms with Crippen LogP contribution in [0, 0.1) is 11.6 Å². The molecule has 12 heteroatoms. The van der Waals surface area contributed by atoms with Crippen molar-refractivity contribution in [3.05, 3.63) is 48.1 Å². The maximum absolute atomic E-state index is 13.9. The van der Waals surface area contributed by atoms with Crippen LogP contribution in [0.1, 0.15) is 5.56 Å². The molecule has 0 aliphatic carbocycles. The molecule has 0 spiro atoms. The van der Waals surface area contributed by atoms with Gasteiger partial charge in [-0.15, -0.1) is 0 Å². The topological polar surface area (TPSA) is 68.0 Å². The summed E-state index contributed by atoms with van der Waals surface area (Å²) in [6.07, 6.45) is -4.70. The fourth-order valence-electron chi connectivity index (χ4n) is 2.04. The number of aliphatic hydroxyl groups is 1. The zero-order chi connectivity index (χ0) is 19.0. The van der Waals surface area contributed by atoms with Crippen LogP contribution >= 0.6 is 0 Å². The molecule has 1 heterocycles. The first-order valence-corrected chi connectivity index (χ1v) is 6.39. The van der Waals surface area contributed by atoms with Gasteiger partial charge in [0.1, 0.15) is 24.3 Å². The molecule has 2 aromatic rings. The van der Waals surface area contributed by atoms with Crippen LogP contribution in [-0.4, -0.2) is 37.8 Å². The number of rotatable bonds is 5. The van der Waals surface area contributed by atoms with Gasteiger partial charge in [0.05, 0.1) is 6.54 Å². The molecular weight excluding hydrogens is 363 g/mol. The molecule has 0 amide bonds. The first-order chi connectivity index (χ1) is 11.4. The van der Waals surface area contributed by atoms with Gasteiger partial charge in [0, 0.05) is 11.6 Å². The number of alkyl halides is 5. The van der Waals surface area contributed by atoms with Crippen LogP contribution in [0.4, 0.5) is 30.7 Å². The van der Waals surface area contributed by atoms with Crippen LogP contribution in [-0.2, 0) is 16.9 Å². The van der Waals surface area contributed by atoms with Crippen LogP contribution in [0.25, 0.3) is 0 Å². The predicted molar refractivity (Wildman–Crippen MR) is 66.3 cm³/mol. The van der Waals surface area contributed by atoms with Crippen molar-refractivity contribution in [1.82, 2.24) is 14.8 Å². The molecule has 136 valence electrons. The Balaban J connectivity index is 2.62. The number of halogens is 7. The normalized spacial score (nSPS) is 15.0. The number of aromatic nitrogens is 3. The van der Waals surface area contributed by atoms with Gasteiger partial charge >= 0.3 is 12.1 Å². The fourth-order valence-corrected chi connectivity index (χ4v) is 2.04. The van der Waals surface area contributed by atoms with Crippen LogP contribution < -0.4 is 0 Å². The van der Waals surface area contributed by atoms with Crippen molar-refractivity contribution in [2.75, 3.05) is 0 Å². The van der Waals surface area contributed by atoms with Crippen LogP contribution in [0.3, 0.4) is 0 Å². The maximum Gasteiger partial charge on any atom is 0.461 e. The Morgan fingerprint density at radius 2 is 1.80 bits per heavy atom. The van der Waals surface area contributed by atoms with Crippen molar-refractivity contribution in [1.29, 1.82) is 0 Å². The molecule has 1 unspecified atom stereocenters. The lowest BCUT2D eigenvalue weighted by Crippen LogP contribution is -2.55. The second-order valence-corrected chi connectivity index (χ2v) is 4.98. The lowest BCUT2D eigenvalue weighted by molar-refractivity contribution is -0.276. The lowest BCUT2D eigenvalue weighted by Gasteiger charge is -2.31. The van der Waals surface area contributed by atoms with Gasteiger partial charge in [-0.2, -0.15) is 27.1 Å². The monoisotopic (exact) mass is 371 g/mol. The molecule has 1 N–H and O–H groups in total. The van der Waals surface area contributed by atoms with Crippen molar-refractivity contribution in [2.45, 2.75) is 24.2 Å². The Bertz CT molecular complexity index is 776. The Hall–Kier alpha value is -2.50. The molecule has 2 rings (SSSR count). The number of Topliss-reactive ketones (excluding diaryl/α,β-unsaturated/α-hetero) is 1. The van der Waals surface area contributed by atoms with E-state index >= 15 is 0 Å². The second-order valence-electron chi connectivity index (χ2n) is 4.98. The maximum atomic E-state index is 13.9. The van der Waals surface area contributed by atoms with Crippen molar-refractivity contribution in [2.24, 2.45) is 0 Å². The number of hydrogen-bond acceptors (Lipinski definition) is 4. The summed E-state index contributed by atoms with van der Waals surface area (Å²) in [6.45, 7) is -1.31. The van der Waals surface area contributed by atoms with Crippen LogP contribution in [0.15, 0.2) is 30.9 Å². The highest BCUT2D eigenvalue weighted by molar-refractivity contribution is 5.94. The zero-order valence-electron chi connectivity index (χ0n) is 11.9. The first kappa shape index (κ1) is 18.8. The van der Waals surface area contributed by atoms with Crippen molar-refractivity contribution in [3.63, 3.8) is 0 Å². The van der Waals surface area contributed by atoms with E-state index in [9.17, 15) is 40.6 Å². The minimum Gasteiger partial charge on any atom is -0.375 e. The molecule has 0 bridgehead atoms. The minimum absolute atomic E-state index is 0.126. The average molecular weight is 371 g/mol. The molecular formula is C13H8F7N3O2. The predicted octanol–water partition coefficient (Wildman–Crippen LogP) is 2.21. The Morgan fingerprint density at radius 3 is 2.28 bits per heavy atom. The standard InChI is InChI=1S/C13H8F7N3O2/c14-7-1-2-8(9(15)3-7)11(25,4-23-6-21-5-22-23)10(24)12(16,17)13(18,19)20/h1-3,5-6,25H,4H2. The Kier molecular flexibility index (Phi) is 4.59. The summed E-state index contributed by atoms with van der Waals surface area (Å²) in [7, 11) is 0. The lowest BCUT2D eigenvalue weighted by atomic mass is 9.85. The third-order valence-electron chi connectivity index (χ3n) is 3.25. The third kappa shape index (κ3) is 3.34. The van der Waals surface area contributed by atoms with Gasteiger partial charge in [-0.1, -0.05) is 0 Å². The van der Waals surface area contributed by atoms with Crippen molar-refractivity contribution >= 4 is 5.78 Å². The van der Waals surface area contributed by atoms with E-state index in [1.54, 1.807) is 0 Å². The molecule has 0 aliphatic heterocycles.